The molecule has 6 nitrogen and oxygen atoms in total. The Bertz CT molecular complexity index is 687. The number of carbonyl (C=O) groups is 2. The van der Waals surface area contributed by atoms with Crippen LogP contribution in [0.2, 0.25) is 0 Å². The van der Waals surface area contributed by atoms with Crippen LogP contribution in [0.15, 0.2) is 29.9 Å². The predicted molar refractivity (Wildman–Crippen MR) is 92.5 cm³/mol. The summed E-state index contributed by atoms with van der Waals surface area (Å²) < 4.78 is 4.68. The van der Waals surface area contributed by atoms with Crippen molar-refractivity contribution in [2.45, 2.75) is 32.7 Å². The lowest BCUT2D eigenvalue weighted by Gasteiger charge is -2.27. The van der Waals surface area contributed by atoms with Crippen LogP contribution in [0.5, 0.6) is 0 Å². The molecular weight excluding hydrogens is 326 g/mol. The van der Waals surface area contributed by atoms with Crippen molar-refractivity contribution in [1.82, 2.24) is 14.9 Å². The molecule has 0 saturated carbocycles. The standard InChI is InChI=1S/C17H21N3O3S/c1-4-12(2)20(10-16(22)23-3)15(21)8-14-11-24-17(19-14)13-6-5-7-18-9-13/h5-7,9,11-12H,4,8,10H2,1-3H3. The van der Waals surface area contributed by atoms with E-state index in [1.807, 2.05) is 31.4 Å². The minimum Gasteiger partial charge on any atom is -0.468 e. The lowest BCUT2D eigenvalue weighted by atomic mass is 10.2. The third-order valence-corrected chi connectivity index (χ3v) is 4.70. The fourth-order valence-corrected chi connectivity index (χ4v) is 2.99. The van der Waals surface area contributed by atoms with Crippen LogP contribution in [0, 0.1) is 0 Å². The fraction of sp³-hybridized carbons (Fsp3) is 0.412. The summed E-state index contributed by atoms with van der Waals surface area (Å²) in [5.41, 5.74) is 1.62. The predicted octanol–water partition coefficient (Wildman–Crippen LogP) is 2.55. The summed E-state index contributed by atoms with van der Waals surface area (Å²) in [6, 6.07) is 3.75. The van der Waals surface area contributed by atoms with E-state index in [1.165, 1.54) is 18.4 Å². The lowest BCUT2D eigenvalue weighted by molar-refractivity contribution is -0.148. The average Bonchev–Trinajstić information content (AvgIpc) is 3.07. The molecule has 128 valence electrons. The molecule has 1 amide bonds. The Kier molecular flexibility index (Phi) is 6.43. The number of hydrogen-bond donors (Lipinski definition) is 0. The molecule has 0 saturated heterocycles. The maximum atomic E-state index is 12.6. The van der Waals surface area contributed by atoms with E-state index in [0.29, 0.717) is 5.69 Å². The number of hydrogen-bond acceptors (Lipinski definition) is 6. The van der Waals surface area contributed by atoms with Gasteiger partial charge in [0.05, 0.1) is 19.2 Å². The Labute approximate surface area is 145 Å². The minimum absolute atomic E-state index is 0.0342. The largest absolute Gasteiger partial charge is 0.468 e. The molecule has 0 fully saturated rings. The molecule has 2 rings (SSSR count). The molecule has 0 aromatic carbocycles. The monoisotopic (exact) mass is 347 g/mol. The average molecular weight is 347 g/mol. The number of amides is 1. The molecule has 0 aliphatic heterocycles. The quantitative estimate of drug-likeness (QED) is 0.720. The molecule has 24 heavy (non-hydrogen) atoms. The maximum absolute atomic E-state index is 12.6. The van der Waals surface area contributed by atoms with Gasteiger partial charge in [0, 0.05) is 29.4 Å². The van der Waals surface area contributed by atoms with E-state index < -0.39 is 5.97 Å². The highest BCUT2D eigenvalue weighted by Gasteiger charge is 2.23. The number of methoxy groups -OCH3 is 1. The zero-order chi connectivity index (χ0) is 17.5. The summed E-state index contributed by atoms with van der Waals surface area (Å²) in [6.07, 6.45) is 4.38. The number of rotatable bonds is 7. The Balaban J connectivity index is 2.09. The van der Waals surface area contributed by atoms with Gasteiger partial charge in [-0.3, -0.25) is 14.6 Å². The second-order valence-corrected chi connectivity index (χ2v) is 6.28. The van der Waals surface area contributed by atoms with E-state index in [1.54, 1.807) is 17.3 Å². The summed E-state index contributed by atoms with van der Waals surface area (Å²) in [7, 11) is 1.32. The number of thiazole rings is 1. The SMILES string of the molecule is CCC(C)N(CC(=O)OC)C(=O)Cc1csc(-c2cccnc2)n1. The van der Waals surface area contributed by atoms with Crippen LogP contribution in [0.4, 0.5) is 0 Å². The Morgan fingerprint density at radius 1 is 1.42 bits per heavy atom. The van der Waals surface area contributed by atoms with Gasteiger partial charge in [0.2, 0.25) is 5.91 Å². The first-order valence-electron chi connectivity index (χ1n) is 7.76. The summed E-state index contributed by atoms with van der Waals surface area (Å²) in [6.45, 7) is 3.86. The Morgan fingerprint density at radius 2 is 2.21 bits per heavy atom. The van der Waals surface area contributed by atoms with Crippen molar-refractivity contribution in [3.8, 4) is 10.6 Å². The van der Waals surface area contributed by atoms with Crippen LogP contribution in [-0.4, -0.2) is 46.4 Å². The topological polar surface area (TPSA) is 72.4 Å². The Hall–Kier alpha value is -2.28. The van der Waals surface area contributed by atoms with Crippen LogP contribution >= 0.6 is 11.3 Å². The van der Waals surface area contributed by atoms with Crippen LogP contribution in [-0.2, 0) is 20.7 Å². The van der Waals surface area contributed by atoms with Gasteiger partial charge in [-0.1, -0.05) is 6.92 Å². The molecule has 0 radical (unpaired) electrons. The van der Waals surface area contributed by atoms with Gasteiger partial charge in [-0.25, -0.2) is 4.98 Å². The molecule has 0 aliphatic carbocycles. The molecule has 1 unspecified atom stereocenters. The van der Waals surface area contributed by atoms with Crippen molar-refractivity contribution in [3.05, 3.63) is 35.6 Å². The molecular formula is C17H21N3O3S. The van der Waals surface area contributed by atoms with E-state index in [4.69, 9.17) is 0 Å². The van der Waals surface area contributed by atoms with Gasteiger partial charge < -0.3 is 9.64 Å². The van der Waals surface area contributed by atoms with Gasteiger partial charge in [0.15, 0.2) is 0 Å². The van der Waals surface area contributed by atoms with Gasteiger partial charge in [-0.2, -0.15) is 0 Å². The number of esters is 1. The van der Waals surface area contributed by atoms with Crippen molar-refractivity contribution in [3.63, 3.8) is 0 Å². The zero-order valence-electron chi connectivity index (χ0n) is 14.1. The van der Waals surface area contributed by atoms with Crippen LogP contribution < -0.4 is 0 Å². The second kappa shape index (κ2) is 8.54. The first-order valence-corrected chi connectivity index (χ1v) is 8.64. The van der Waals surface area contributed by atoms with Gasteiger partial charge in [-0.15, -0.1) is 11.3 Å². The second-order valence-electron chi connectivity index (χ2n) is 5.42. The normalized spacial score (nSPS) is 11.8. The van der Waals surface area contributed by atoms with E-state index in [9.17, 15) is 9.59 Å². The first-order chi connectivity index (χ1) is 11.5. The molecule has 2 heterocycles. The van der Waals surface area contributed by atoms with Crippen molar-refractivity contribution in [2.24, 2.45) is 0 Å². The molecule has 7 heteroatoms. The van der Waals surface area contributed by atoms with Crippen molar-refractivity contribution in [2.75, 3.05) is 13.7 Å². The molecule has 2 aromatic heterocycles. The lowest BCUT2D eigenvalue weighted by Crippen LogP contribution is -2.43. The number of carbonyl (C=O) groups excluding carboxylic acids is 2. The third kappa shape index (κ3) is 4.61. The number of pyridine rings is 1. The van der Waals surface area contributed by atoms with Crippen molar-refractivity contribution in [1.29, 1.82) is 0 Å². The van der Waals surface area contributed by atoms with Crippen molar-refractivity contribution < 1.29 is 14.3 Å². The van der Waals surface area contributed by atoms with Crippen LogP contribution in [0.1, 0.15) is 26.0 Å². The minimum atomic E-state index is -0.419. The Morgan fingerprint density at radius 3 is 2.83 bits per heavy atom. The highest BCUT2D eigenvalue weighted by molar-refractivity contribution is 7.13. The number of aromatic nitrogens is 2. The van der Waals surface area contributed by atoms with E-state index in [2.05, 4.69) is 14.7 Å². The molecule has 2 aromatic rings. The molecule has 0 aliphatic rings. The summed E-state index contributed by atoms with van der Waals surface area (Å²) in [4.78, 5) is 34.3. The third-order valence-electron chi connectivity index (χ3n) is 3.76. The van der Waals surface area contributed by atoms with Gasteiger partial charge in [0.1, 0.15) is 11.6 Å². The fourth-order valence-electron chi connectivity index (χ4n) is 2.18. The first kappa shape index (κ1) is 18.1. The molecule has 0 spiro atoms. The van der Waals surface area contributed by atoms with Gasteiger partial charge in [0.25, 0.3) is 0 Å². The maximum Gasteiger partial charge on any atom is 0.325 e. The van der Waals surface area contributed by atoms with Crippen LogP contribution in [0.3, 0.4) is 0 Å². The van der Waals surface area contributed by atoms with Crippen molar-refractivity contribution >= 4 is 23.2 Å². The van der Waals surface area contributed by atoms with Crippen LogP contribution in [0.25, 0.3) is 10.6 Å². The summed E-state index contributed by atoms with van der Waals surface area (Å²) in [5.74, 6) is -0.546. The summed E-state index contributed by atoms with van der Waals surface area (Å²) >= 11 is 1.48. The number of nitrogens with zero attached hydrogens (tertiary/aromatic N) is 3. The van der Waals surface area contributed by atoms with Gasteiger partial charge in [-0.05, 0) is 25.5 Å². The molecule has 0 bridgehead atoms. The highest BCUT2D eigenvalue weighted by Crippen LogP contribution is 2.23. The van der Waals surface area contributed by atoms with Gasteiger partial charge >= 0.3 is 5.97 Å². The van der Waals surface area contributed by atoms with E-state index >= 15 is 0 Å². The smallest absolute Gasteiger partial charge is 0.325 e. The molecule has 1 atom stereocenters. The van der Waals surface area contributed by atoms with E-state index in [-0.39, 0.29) is 24.9 Å². The zero-order valence-corrected chi connectivity index (χ0v) is 14.9. The molecule has 0 N–H and O–H groups in total. The summed E-state index contributed by atoms with van der Waals surface area (Å²) in [5, 5.41) is 2.70. The van der Waals surface area contributed by atoms with E-state index in [0.717, 1.165) is 17.0 Å². The highest BCUT2D eigenvalue weighted by atomic mass is 32.1. The number of ether oxygens (including phenoxy) is 1.